The summed E-state index contributed by atoms with van der Waals surface area (Å²) in [7, 11) is -3.56. The van der Waals surface area contributed by atoms with E-state index in [1.54, 1.807) is 24.3 Å². The molecule has 3 aromatic rings. The first-order chi connectivity index (χ1) is 11.1. The van der Waals surface area contributed by atoms with Gasteiger partial charge in [0.05, 0.1) is 10.6 Å². The number of hydrogen-bond donors (Lipinski definition) is 2. The average molecular weight is 324 g/mol. The van der Waals surface area contributed by atoms with Crippen LogP contribution in [0.2, 0.25) is 0 Å². The summed E-state index contributed by atoms with van der Waals surface area (Å²) in [6.07, 6.45) is 0. The first-order valence-corrected chi connectivity index (χ1v) is 8.73. The molecule has 0 radical (unpaired) electrons. The molecular weight excluding hydrogens is 311 g/mol. The summed E-state index contributed by atoms with van der Waals surface area (Å²) in [4.78, 5) is 0. The normalized spacial score (nSPS) is 18.6. The van der Waals surface area contributed by atoms with Crippen molar-refractivity contribution < 1.29 is 19.3 Å². The summed E-state index contributed by atoms with van der Waals surface area (Å²) in [5.41, 5.74) is 1.66. The first-order valence-electron chi connectivity index (χ1n) is 7.11. The van der Waals surface area contributed by atoms with Crippen molar-refractivity contribution >= 4 is 18.0 Å². The summed E-state index contributed by atoms with van der Waals surface area (Å²) in [6.45, 7) is 0. The highest BCUT2D eigenvalue weighted by atomic mass is 31.2. The van der Waals surface area contributed by atoms with Crippen LogP contribution in [-0.2, 0) is 4.57 Å². The van der Waals surface area contributed by atoms with Crippen molar-refractivity contribution in [2.24, 2.45) is 0 Å². The molecule has 0 amide bonds. The largest absolute Gasteiger partial charge is 0.508 e. The summed E-state index contributed by atoms with van der Waals surface area (Å²) in [5, 5.41) is 20.5. The molecule has 0 spiro atoms. The maximum Gasteiger partial charge on any atom is 0.311 e. The van der Waals surface area contributed by atoms with Crippen molar-refractivity contribution in [2.45, 2.75) is 0 Å². The lowest BCUT2D eigenvalue weighted by Crippen LogP contribution is -2.25. The molecule has 1 aliphatic heterocycles. The summed E-state index contributed by atoms with van der Waals surface area (Å²) in [6, 6.07) is 18.6. The van der Waals surface area contributed by atoms with Crippen LogP contribution in [0.1, 0.15) is 0 Å². The van der Waals surface area contributed by atoms with Crippen molar-refractivity contribution in [1.82, 2.24) is 0 Å². The van der Waals surface area contributed by atoms with Crippen LogP contribution in [0.3, 0.4) is 0 Å². The minimum atomic E-state index is -3.56. The second-order valence-electron chi connectivity index (χ2n) is 5.33. The van der Waals surface area contributed by atoms with Gasteiger partial charge in [-0.1, -0.05) is 36.4 Å². The van der Waals surface area contributed by atoms with Gasteiger partial charge in [-0.25, -0.2) is 0 Å². The van der Waals surface area contributed by atoms with Gasteiger partial charge in [-0.2, -0.15) is 0 Å². The predicted octanol–water partition coefficient (Wildman–Crippen LogP) is 3.39. The molecule has 4 rings (SSSR count). The second kappa shape index (κ2) is 4.90. The van der Waals surface area contributed by atoms with E-state index in [4.69, 9.17) is 4.52 Å². The lowest BCUT2D eigenvalue weighted by atomic mass is 10.0. The van der Waals surface area contributed by atoms with E-state index in [0.717, 1.165) is 11.1 Å². The average Bonchev–Trinajstić information content (AvgIpc) is 2.57. The van der Waals surface area contributed by atoms with Gasteiger partial charge in [0.1, 0.15) is 17.2 Å². The number of rotatable bonds is 1. The lowest BCUT2D eigenvalue weighted by molar-refractivity contribution is 0.459. The quantitative estimate of drug-likeness (QED) is 0.532. The highest BCUT2D eigenvalue weighted by molar-refractivity contribution is 7.75. The van der Waals surface area contributed by atoms with Crippen LogP contribution in [0.25, 0.3) is 11.1 Å². The van der Waals surface area contributed by atoms with E-state index in [0.29, 0.717) is 11.1 Å². The zero-order valence-electron chi connectivity index (χ0n) is 12.0. The standard InChI is InChI=1S/C18H13O4P/c19-12-9-10-15(20)18(11-12)23(21)17-8-4-2-6-14(17)13-5-1-3-7-16(13)22-23/h1-11,19-20H. The summed E-state index contributed by atoms with van der Waals surface area (Å²) in [5.74, 6) is 0.255. The number of phenols is 2. The molecule has 3 aromatic carbocycles. The fourth-order valence-corrected chi connectivity index (χ4v) is 5.21. The minimum absolute atomic E-state index is 0.0760. The van der Waals surface area contributed by atoms with Crippen molar-refractivity contribution in [2.75, 3.05) is 0 Å². The van der Waals surface area contributed by atoms with E-state index in [1.807, 2.05) is 24.3 Å². The van der Waals surface area contributed by atoms with Crippen LogP contribution >= 0.6 is 7.37 Å². The van der Waals surface area contributed by atoms with Gasteiger partial charge in [-0.3, -0.25) is 4.57 Å². The van der Waals surface area contributed by atoms with Crippen LogP contribution in [0.4, 0.5) is 0 Å². The summed E-state index contributed by atoms with van der Waals surface area (Å²) >= 11 is 0. The maximum absolute atomic E-state index is 13.7. The molecule has 1 heterocycles. The topological polar surface area (TPSA) is 66.8 Å². The molecule has 0 saturated carbocycles. The maximum atomic E-state index is 13.7. The van der Waals surface area contributed by atoms with Crippen molar-refractivity contribution in [3.8, 4) is 28.4 Å². The van der Waals surface area contributed by atoms with Gasteiger partial charge in [-0.15, -0.1) is 0 Å². The van der Waals surface area contributed by atoms with Gasteiger partial charge >= 0.3 is 7.37 Å². The molecule has 1 atom stereocenters. The van der Waals surface area contributed by atoms with E-state index in [9.17, 15) is 14.8 Å². The molecule has 0 aliphatic carbocycles. The monoisotopic (exact) mass is 324 g/mol. The van der Waals surface area contributed by atoms with Gasteiger partial charge in [0, 0.05) is 5.56 Å². The van der Waals surface area contributed by atoms with Crippen molar-refractivity contribution in [3.05, 3.63) is 66.7 Å². The second-order valence-corrected chi connectivity index (χ2v) is 7.58. The molecule has 0 fully saturated rings. The Morgan fingerprint density at radius 2 is 1.48 bits per heavy atom. The molecule has 0 saturated heterocycles. The number of hydrogen-bond acceptors (Lipinski definition) is 4. The van der Waals surface area contributed by atoms with Gasteiger partial charge in [0.25, 0.3) is 0 Å². The highest BCUT2D eigenvalue weighted by Gasteiger charge is 2.39. The van der Waals surface area contributed by atoms with Crippen molar-refractivity contribution in [3.63, 3.8) is 0 Å². The van der Waals surface area contributed by atoms with E-state index in [-0.39, 0.29) is 16.8 Å². The van der Waals surface area contributed by atoms with Gasteiger partial charge < -0.3 is 14.7 Å². The number of para-hydroxylation sites is 1. The third kappa shape index (κ3) is 2.03. The Labute approximate surface area is 133 Å². The number of aromatic hydroxyl groups is 2. The number of fused-ring (bicyclic) bond motifs is 3. The van der Waals surface area contributed by atoms with E-state index in [2.05, 4.69) is 0 Å². The lowest BCUT2D eigenvalue weighted by Gasteiger charge is -2.29. The Hall–Kier alpha value is -2.71. The Morgan fingerprint density at radius 3 is 2.30 bits per heavy atom. The molecule has 2 N–H and O–H groups in total. The smallest absolute Gasteiger partial charge is 0.311 e. The first kappa shape index (κ1) is 13.9. The molecule has 0 bridgehead atoms. The van der Waals surface area contributed by atoms with Crippen LogP contribution in [0, 0.1) is 0 Å². The molecule has 1 unspecified atom stereocenters. The number of phenolic OH excluding ortho intramolecular Hbond substituents is 2. The predicted molar refractivity (Wildman–Crippen MR) is 89.2 cm³/mol. The summed E-state index contributed by atoms with van der Waals surface area (Å²) < 4.78 is 19.6. The van der Waals surface area contributed by atoms with Gasteiger partial charge in [-0.05, 0) is 35.9 Å². The molecular formula is C18H13O4P. The molecule has 4 nitrogen and oxygen atoms in total. The van der Waals surface area contributed by atoms with Crippen LogP contribution in [-0.4, -0.2) is 10.2 Å². The highest BCUT2D eigenvalue weighted by Crippen LogP contribution is 2.55. The van der Waals surface area contributed by atoms with Crippen LogP contribution in [0.5, 0.6) is 17.2 Å². The Bertz CT molecular complexity index is 965. The minimum Gasteiger partial charge on any atom is -0.508 e. The molecule has 23 heavy (non-hydrogen) atoms. The van der Waals surface area contributed by atoms with E-state index < -0.39 is 7.37 Å². The Balaban J connectivity index is 2.05. The zero-order valence-corrected chi connectivity index (χ0v) is 12.9. The molecule has 5 heteroatoms. The van der Waals surface area contributed by atoms with Crippen molar-refractivity contribution in [1.29, 1.82) is 0 Å². The zero-order chi connectivity index (χ0) is 16.0. The molecule has 114 valence electrons. The van der Waals surface area contributed by atoms with Gasteiger partial charge in [0.15, 0.2) is 0 Å². The Morgan fingerprint density at radius 1 is 0.783 bits per heavy atom. The molecule has 1 aliphatic rings. The number of benzene rings is 3. The van der Waals surface area contributed by atoms with Gasteiger partial charge in [0.2, 0.25) is 0 Å². The molecule has 0 aromatic heterocycles. The SMILES string of the molecule is O=P1(c2cc(O)ccc2O)Oc2ccccc2-c2ccccc21. The fourth-order valence-electron chi connectivity index (χ4n) is 2.84. The van der Waals surface area contributed by atoms with Crippen LogP contribution in [0.15, 0.2) is 66.7 Å². The third-order valence-corrected chi connectivity index (χ3v) is 6.37. The third-order valence-electron chi connectivity index (χ3n) is 3.90. The van der Waals surface area contributed by atoms with E-state index in [1.165, 1.54) is 18.2 Å². The fraction of sp³-hybridized carbons (Fsp3) is 0. The van der Waals surface area contributed by atoms with E-state index >= 15 is 0 Å². The van der Waals surface area contributed by atoms with Crippen LogP contribution < -0.4 is 15.1 Å². The Kier molecular flexibility index (Phi) is 2.97.